The number of nitrogens with one attached hydrogen (secondary N) is 2. The van der Waals surface area contributed by atoms with Gasteiger partial charge in [-0.3, -0.25) is 10.1 Å². The van der Waals surface area contributed by atoms with Gasteiger partial charge < -0.3 is 10.1 Å². The van der Waals surface area contributed by atoms with Crippen LogP contribution in [-0.4, -0.2) is 22.0 Å². The second-order valence-corrected chi connectivity index (χ2v) is 5.71. The molecule has 116 valence electrons. The molecular weight excluding hydrogens is 339 g/mol. The fourth-order valence-electron chi connectivity index (χ4n) is 2.35. The zero-order chi connectivity index (χ0) is 16.6. The maximum atomic E-state index is 12.7. The number of hydrogen-bond acceptors (Lipinski definition) is 2. The van der Waals surface area contributed by atoms with Crippen molar-refractivity contribution in [2.45, 2.75) is 0 Å². The Bertz CT molecular complexity index is 934. The van der Waals surface area contributed by atoms with Crippen molar-refractivity contribution in [3.63, 3.8) is 0 Å². The standard InChI is InChI=1S/C16H10Cl2N2O3/c17-9-3-1-2-8(6-9)15(21)14-13(20-16(22)23)11-5-4-10(18)7-12(11)19-14/h1-7,19-20H,(H,22,23). The smallest absolute Gasteiger partial charge is 0.409 e. The van der Waals surface area contributed by atoms with Crippen molar-refractivity contribution in [3.05, 3.63) is 63.8 Å². The van der Waals surface area contributed by atoms with Crippen LogP contribution in [0.25, 0.3) is 10.9 Å². The van der Waals surface area contributed by atoms with E-state index < -0.39 is 6.09 Å². The van der Waals surface area contributed by atoms with E-state index in [1.807, 2.05) is 0 Å². The molecule has 0 spiro atoms. The molecule has 0 bridgehead atoms. The molecule has 3 N–H and O–H groups in total. The second-order valence-electron chi connectivity index (χ2n) is 4.83. The van der Waals surface area contributed by atoms with Crippen LogP contribution in [0.3, 0.4) is 0 Å². The number of aromatic amines is 1. The van der Waals surface area contributed by atoms with Crippen LogP contribution in [0.15, 0.2) is 42.5 Å². The summed E-state index contributed by atoms with van der Waals surface area (Å²) in [7, 11) is 0. The van der Waals surface area contributed by atoms with Gasteiger partial charge in [-0.15, -0.1) is 0 Å². The molecule has 0 atom stereocenters. The summed E-state index contributed by atoms with van der Waals surface area (Å²) in [5, 5.41) is 12.8. The second kappa shape index (κ2) is 5.95. The SMILES string of the molecule is O=C(O)Nc1c(C(=O)c2cccc(Cl)c2)[nH]c2cc(Cl)ccc12. The monoisotopic (exact) mass is 348 g/mol. The van der Waals surface area contributed by atoms with E-state index in [9.17, 15) is 9.59 Å². The Morgan fingerprint density at radius 1 is 1.04 bits per heavy atom. The number of fused-ring (bicyclic) bond motifs is 1. The van der Waals surface area contributed by atoms with Crippen LogP contribution in [-0.2, 0) is 0 Å². The van der Waals surface area contributed by atoms with Gasteiger partial charge >= 0.3 is 6.09 Å². The van der Waals surface area contributed by atoms with Crippen molar-refractivity contribution in [2.75, 3.05) is 5.32 Å². The first kappa shape index (κ1) is 15.4. The Kier molecular flexibility index (Phi) is 3.98. The first-order valence-corrected chi connectivity index (χ1v) is 7.33. The molecule has 3 aromatic rings. The van der Waals surface area contributed by atoms with Gasteiger partial charge in [0.15, 0.2) is 0 Å². The van der Waals surface area contributed by atoms with Crippen LogP contribution in [0.4, 0.5) is 10.5 Å². The Hall–Kier alpha value is -2.50. The molecule has 0 saturated heterocycles. The molecule has 0 radical (unpaired) electrons. The summed E-state index contributed by atoms with van der Waals surface area (Å²) in [4.78, 5) is 26.7. The largest absolute Gasteiger partial charge is 0.465 e. The van der Waals surface area contributed by atoms with Gasteiger partial charge in [0, 0.05) is 26.5 Å². The molecule has 5 nitrogen and oxygen atoms in total. The van der Waals surface area contributed by atoms with Gasteiger partial charge in [0.2, 0.25) is 5.78 Å². The summed E-state index contributed by atoms with van der Waals surface area (Å²) in [6.45, 7) is 0. The predicted molar refractivity (Wildman–Crippen MR) is 89.8 cm³/mol. The first-order valence-electron chi connectivity index (χ1n) is 6.57. The summed E-state index contributed by atoms with van der Waals surface area (Å²) in [6.07, 6.45) is -1.26. The van der Waals surface area contributed by atoms with Crippen molar-refractivity contribution in [1.29, 1.82) is 0 Å². The third-order valence-electron chi connectivity index (χ3n) is 3.31. The average molecular weight is 349 g/mol. The number of aromatic nitrogens is 1. The van der Waals surface area contributed by atoms with E-state index in [4.69, 9.17) is 28.3 Å². The van der Waals surface area contributed by atoms with E-state index in [1.54, 1.807) is 36.4 Å². The van der Waals surface area contributed by atoms with Crippen molar-refractivity contribution >= 4 is 51.7 Å². The quantitative estimate of drug-likeness (QED) is 0.594. The summed E-state index contributed by atoms with van der Waals surface area (Å²) < 4.78 is 0. The number of hydrogen-bond donors (Lipinski definition) is 3. The molecule has 0 fully saturated rings. The molecule has 3 rings (SSSR count). The fourth-order valence-corrected chi connectivity index (χ4v) is 2.71. The number of halogens is 2. The van der Waals surface area contributed by atoms with Crippen molar-refractivity contribution < 1.29 is 14.7 Å². The fraction of sp³-hybridized carbons (Fsp3) is 0. The third-order valence-corrected chi connectivity index (χ3v) is 3.78. The normalized spacial score (nSPS) is 10.7. The zero-order valence-corrected chi connectivity index (χ0v) is 13.1. The molecule has 7 heteroatoms. The van der Waals surface area contributed by atoms with Gasteiger partial charge in [0.05, 0.1) is 5.69 Å². The molecule has 0 aliphatic heterocycles. The first-order chi connectivity index (χ1) is 11.0. The highest BCUT2D eigenvalue weighted by molar-refractivity contribution is 6.32. The minimum Gasteiger partial charge on any atom is -0.465 e. The highest BCUT2D eigenvalue weighted by atomic mass is 35.5. The lowest BCUT2D eigenvalue weighted by Crippen LogP contribution is -2.11. The number of rotatable bonds is 3. The number of benzene rings is 2. The van der Waals surface area contributed by atoms with Crippen LogP contribution in [0.2, 0.25) is 10.0 Å². The van der Waals surface area contributed by atoms with Gasteiger partial charge in [-0.1, -0.05) is 35.3 Å². The lowest BCUT2D eigenvalue weighted by atomic mass is 10.1. The summed E-state index contributed by atoms with van der Waals surface area (Å²) in [5.41, 5.74) is 1.23. The molecular formula is C16H10Cl2N2O3. The van der Waals surface area contributed by atoms with Gasteiger partial charge in [-0.2, -0.15) is 0 Å². The van der Waals surface area contributed by atoms with E-state index >= 15 is 0 Å². The number of carboxylic acid groups (broad SMARTS) is 1. The summed E-state index contributed by atoms with van der Waals surface area (Å²) >= 11 is 11.9. The van der Waals surface area contributed by atoms with Crippen molar-refractivity contribution in [2.24, 2.45) is 0 Å². The minimum atomic E-state index is -1.26. The molecule has 0 saturated carbocycles. The molecule has 1 amide bonds. The van der Waals surface area contributed by atoms with Crippen molar-refractivity contribution in [3.8, 4) is 0 Å². The van der Waals surface area contributed by atoms with Gasteiger partial charge in [-0.05, 0) is 30.3 Å². The number of anilines is 1. The Balaban J connectivity index is 2.19. The van der Waals surface area contributed by atoms with E-state index in [0.29, 0.717) is 26.5 Å². The Morgan fingerprint density at radius 3 is 2.48 bits per heavy atom. The highest BCUT2D eigenvalue weighted by Gasteiger charge is 2.21. The van der Waals surface area contributed by atoms with Gasteiger partial charge in [0.1, 0.15) is 5.69 Å². The van der Waals surface area contributed by atoms with E-state index in [2.05, 4.69) is 10.3 Å². The molecule has 0 aliphatic carbocycles. The molecule has 0 aliphatic rings. The van der Waals surface area contributed by atoms with E-state index in [0.717, 1.165) is 0 Å². The van der Waals surface area contributed by atoms with Crippen molar-refractivity contribution in [1.82, 2.24) is 4.98 Å². The molecule has 1 heterocycles. The Morgan fingerprint density at radius 2 is 1.78 bits per heavy atom. The lowest BCUT2D eigenvalue weighted by molar-refractivity contribution is 0.103. The number of amides is 1. The number of ketones is 1. The number of carbonyl (C=O) groups is 2. The highest BCUT2D eigenvalue weighted by Crippen LogP contribution is 2.31. The summed E-state index contributed by atoms with van der Waals surface area (Å²) in [6, 6.07) is 11.3. The van der Waals surface area contributed by atoms with Crippen LogP contribution in [0.1, 0.15) is 16.1 Å². The summed E-state index contributed by atoms with van der Waals surface area (Å²) in [5.74, 6) is -0.372. The number of H-pyrrole nitrogens is 1. The van der Waals surface area contributed by atoms with Crippen LogP contribution in [0, 0.1) is 0 Å². The topological polar surface area (TPSA) is 82.2 Å². The van der Waals surface area contributed by atoms with E-state index in [-0.39, 0.29) is 17.2 Å². The van der Waals surface area contributed by atoms with Gasteiger partial charge in [0.25, 0.3) is 0 Å². The van der Waals surface area contributed by atoms with Crippen LogP contribution >= 0.6 is 23.2 Å². The maximum Gasteiger partial charge on any atom is 0.409 e. The third kappa shape index (κ3) is 3.02. The molecule has 2 aromatic carbocycles. The lowest BCUT2D eigenvalue weighted by Gasteiger charge is -2.04. The number of carbonyl (C=O) groups excluding carboxylic acids is 1. The maximum absolute atomic E-state index is 12.7. The van der Waals surface area contributed by atoms with E-state index in [1.165, 1.54) is 6.07 Å². The molecule has 23 heavy (non-hydrogen) atoms. The Labute approximate surface area is 140 Å². The van der Waals surface area contributed by atoms with Gasteiger partial charge in [-0.25, -0.2) is 4.79 Å². The average Bonchev–Trinajstić information content (AvgIpc) is 2.83. The zero-order valence-electron chi connectivity index (χ0n) is 11.6. The minimum absolute atomic E-state index is 0.131. The predicted octanol–water partition coefficient (Wildman–Crippen LogP) is 4.80. The van der Waals surface area contributed by atoms with Crippen LogP contribution < -0.4 is 5.32 Å². The molecule has 0 unspecified atom stereocenters. The molecule has 1 aromatic heterocycles. The van der Waals surface area contributed by atoms with Crippen LogP contribution in [0.5, 0.6) is 0 Å².